The molecule has 0 radical (unpaired) electrons. The van der Waals surface area contributed by atoms with Crippen LogP contribution in [0.4, 0.5) is 0 Å². The van der Waals surface area contributed by atoms with Crippen LogP contribution in [0.3, 0.4) is 0 Å². The number of methoxy groups -OCH3 is 1. The van der Waals surface area contributed by atoms with E-state index >= 15 is 0 Å². The van der Waals surface area contributed by atoms with Crippen molar-refractivity contribution >= 4 is 0 Å². The molecule has 6 heteroatoms. The monoisotopic (exact) mass is 362 g/mol. The molecule has 0 spiro atoms. The Balaban J connectivity index is 3.08. The van der Waals surface area contributed by atoms with Crippen molar-refractivity contribution in [3.05, 3.63) is 0 Å². The Bertz CT molecular complexity index is 358. The van der Waals surface area contributed by atoms with E-state index in [4.69, 9.17) is 28.4 Å². The quantitative estimate of drug-likeness (QED) is 0.595. The number of hydrogen-bond donors (Lipinski definition) is 0. The van der Waals surface area contributed by atoms with Gasteiger partial charge in [-0.25, -0.2) is 0 Å². The number of rotatable bonds is 10. The SMILES string of the molecule is COC1[C@@H](OC(C)C)OC(COC(C)C)[C@@H](OC(C)C)[C@@H]1OC(C)C. The van der Waals surface area contributed by atoms with Gasteiger partial charge in [-0.15, -0.1) is 0 Å². The van der Waals surface area contributed by atoms with Crippen molar-refractivity contribution in [2.75, 3.05) is 13.7 Å². The smallest absolute Gasteiger partial charge is 0.187 e. The minimum Gasteiger partial charge on any atom is -0.376 e. The maximum absolute atomic E-state index is 6.20. The summed E-state index contributed by atoms with van der Waals surface area (Å²) in [6.07, 6.45) is -1.59. The van der Waals surface area contributed by atoms with Crippen LogP contribution < -0.4 is 0 Å². The van der Waals surface area contributed by atoms with Crippen LogP contribution in [0, 0.1) is 0 Å². The van der Waals surface area contributed by atoms with E-state index in [9.17, 15) is 0 Å². The topological polar surface area (TPSA) is 55.4 Å². The van der Waals surface area contributed by atoms with Gasteiger partial charge < -0.3 is 28.4 Å². The van der Waals surface area contributed by atoms with Gasteiger partial charge in [-0.3, -0.25) is 0 Å². The van der Waals surface area contributed by atoms with E-state index in [-0.39, 0.29) is 48.8 Å². The third-order valence-electron chi connectivity index (χ3n) is 3.72. The van der Waals surface area contributed by atoms with Crippen molar-refractivity contribution < 1.29 is 28.4 Å². The first kappa shape index (κ1) is 22.8. The molecule has 0 aromatic rings. The van der Waals surface area contributed by atoms with Gasteiger partial charge >= 0.3 is 0 Å². The van der Waals surface area contributed by atoms with E-state index in [1.165, 1.54) is 0 Å². The fourth-order valence-corrected chi connectivity index (χ4v) is 2.87. The summed E-state index contributed by atoms with van der Waals surface area (Å²) < 4.78 is 36.0. The van der Waals surface area contributed by atoms with Crippen molar-refractivity contribution in [1.82, 2.24) is 0 Å². The van der Waals surface area contributed by atoms with E-state index in [1.54, 1.807) is 7.11 Å². The molecule has 2 unspecified atom stereocenters. The highest BCUT2D eigenvalue weighted by atomic mass is 16.7. The van der Waals surface area contributed by atoms with Crippen molar-refractivity contribution in [2.45, 2.75) is 111 Å². The van der Waals surface area contributed by atoms with Crippen molar-refractivity contribution in [3.8, 4) is 0 Å². The fraction of sp³-hybridized carbons (Fsp3) is 1.00. The highest BCUT2D eigenvalue weighted by molar-refractivity contribution is 4.93. The zero-order valence-corrected chi connectivity index (χ0v) is 17.4. The molecular weight excluding hydrogens is 324 g/mol. The van der Waals surface area contributed by atoms with Crippen LogP contribution in [0.25, 0.3) is 0 Å². The molecule has 0 bridgehead atoms. The molecule has 5 atom stereocenters. The minimum absolute atomic E-state index is 0.0107. The molecule has 25 heavy (non-hydrogen) atoms. The first-order valence-corrected chi connectivity index (χ1v) is 9.41. The molecule has 0 aliphatic carbocycles. The van der Waals surface area contributed by atoms with Crippen molar-refractivity contribution in [1.29, 1.82) is 0 Å². The fourth-order valence-electron chi connectivity index (χ4n) is 2.87. The predicted molar refractivity (Wildman–Crippen MR) is 96.8 cm³/mol. The molecule has 0 aromatic heterocycles. The van der Waals surface area contributed by atoms with E-state index in [0.29, 0.717) is 6.61 Å². The van der Waals surface area contributed by atoms with Gasteiger partial charge in [0.05, 0.1) is 31.0 Å². The summed E-state index contributed by atoms with van der Waals surface area (Å²) in [5.41, 5.74) is 0. The molecule has 0 aromatic carbocycles. The lowest BCUT2D eigenvalue weighted by atomic mass is 9.97. The molecule has 0 saturated carbocycles. The van der Waals surface area contributed by atoms with Crippen LogP contribution in [0.15, 0.2) is 0 Å². The number of ether oxygens (including phenoxy) is 6. The predicted octanol–water partition coefficient (Wildman–Crippen LogP) is 3.16. The van der Waals surface area contributed by atoms with E-state index in [0.717, 1.165) is 0 Å². The highest BCUT2D eigenvalue weighted by Crippen LogP contribution is 2.31. The van der Waals surface area contributed by atoms with E-state index in [2.05, 4.69) is 0 Å². The summed E-state index contributed by atoms with van der Waals surface area (Å²) in [6, 6.07) is 0. The van der Waals surface area contributed by atoms with Crippen LogP contribution >= 0.6 is 0 Å². The molecule has 1 saturated heterocycles. The highest BCUT2D eigenvalue weighted by Gasteiger charge is 2.49. The van der Waals surface area contributed by atoms with Gasteiger partial charge in [-0.1, -0.05) is 0 Å². The van der Waals surface area contributed by atoms with Gasteiger partial charge in [-0.05, 0) is 55.4 Å². The van der Waals surface area contributed by atoms with Gasteiger partial charge in [-0.2, -0.15) is 0 Å². The Kier molecular flexibility index (Phi) is 9.85. The zero-order chi connectivity index (χ0) is 19.1. The summed E-state index contributed by atoms with van der Waals surface area (Å²) in [5.74, 6) is 0. The van der Waals surface area contributed by atoms with Crippen LogP contribution in [0.1, 0.15) is 55.4 Å². The van der Waals surface area contributed by atoms with Crippen LogP contribution in [0.5, 0.6) is 0 Å². The van der Waals surface area contributed by atoms with Gasteiger partial charge in [0.2, 0.25) is 0 Å². The molecule has 150 valence electrons. The summed E-state index contributed by atoms with van der Waals surface area (Å²) in [7, 11) is 1.65. The van der Waals surface area contributed by atoms with Gasteiger partial charge in [0, 0.05) is 7.11 Å². The minimum atomic E-state index is -0.526. The van der Waals surface area contributed by atoms with Crippen molar-refractivity contribution in [3.63, 3.8) is 0 Å². The first-order chi connectivity index (χ1) is 11.6. The maximum atomic E-state index is 6.20. The molecule has 1 aliphatic heterocycles. The van der Waals surface area contributed by atoms with Crippen LogP contribution in [0.2, 0.25) is 0 Å². The van der Waals surface area contributed by atoms with E-state index < -0.39 is 6.29 Å². The summed E-state index contributed by atoms with van der Waals surface area (Å²) in [6.45, 7) is 16.4. The van der Waals surface area contributed by atoms with Crippen LogP contribution in [-0.2, 0) is 28.4 Å². The Morgan fingerprint density at radius 1 is 0.680 bits per heavy atom. The zero-order valence-electron chi connectivity index (χ0n) is 17.4. The average Bonchev–Trinajstić information content (AvgIpc) is 2.46. The van der Waals surface area contributed by atoms with Crippen LogP contribution in [-0.4, -0.2) is 68.8 Å². The van der Waals surface area contributed by atoms with Gasteiger partial charge in [0.15, 0.2) is 6.29 Å². The molecule has 1 aliphatic rings. The maximum Gasteiger partial charge on any atom is 0.187 e. The van der Waals surface area contributed by atoms with Crippen molar-refractivity contribution in [2.24, 2.45) is 0 Å². The second-order valence-electron chi connectivity index (χ2n) is 7.61. The standard InChI is InChI=1S/C19H38O6/c1-11(2)21-10-15-16(22-12(3)4)17(23-13(5)6)18(20-9)19(25-15)24-14(7)8/h11-19H,10H2,1-9H3/t15?,16-,17+,18?,19+/m1/s1. The Morgan fingerprint density at radius 3 is 1.64 bits per heavy atom. The molecule has 1 rings (SSSR count). The molecule has 6 nitrogen and oxygen atoms in total. The summed E-state index contributed by atoms with van der Waals surface area (Å²) in [4.78, 5) is 0. The summed E-state index contributed by atoms with van der Waals surface area (Å²) >= 11 is 0. The lowest BCUT2D eigenvalue weighted by Crippen LogP contribution is -2.63. The van der Waals surface area contributed by atoms with Gasteiger partial charge in [0.25, 0.3) is 0 Å². The van der Waals surface area contributed by atoms with E-state index in [1.807, 2.05) is 55.4 Å². The first-order valence-electron chi connectivity index (χ1n) is 9.41. The molecule has 1 fully saturated rings. The Labute approximate surface area is 153 Å². The molecule has 0 N–H and O–H groups in total. The van der Waals surface area contributed by atoms with Gasteiger partial charge in [0.1, 0.15) is 24.4 Å². The largest absolute Gasteiger partial charge is 0.376 e. The average molecular weight is 363 g/mol. The molecule has 1 heterocycles. The molecule has 0 amide bonds. The second-order valence-corrected chi connectivity index (χ2v) is 7.61. The Hall–Kier alpha value is -0.240. The molecular formula is C19H38O6. The third-order valence-corrected chi connectivity index (χ3v) is 3.72. The normalized spacial score (nSPS) is 30.8. The summed E-state index contributed by atoms with van der Waals surface area (Å²) in [5, 5.41) is 0. The number of hydrogen-bond acceptors (Lipinski definition) is 6. The lowest BCUT2D eigenvalue weighted by Gasteiger charge is -2.47. The Morgan fingerprint density at radius 2 is 1.20 bits per heavy atom. The lowest BCUT2D eigenvalue weighted by molar-refractivity contribution is -0.333. The third kappa shape index (κ3) is 7.49. The second kappa shape index (κ2) is 10.8.